The zero-order valence-corrected chi connectivity index (χ0v) is 18.8. The highest BCUT2D eigenvalue weighted by Gasteiger charge is 2.17. The third-order valence-electron chi connectivity index (χ3n) is 5.24. The number of hydrogen-bond acceptors (Lipinski definition) is 5. The first kappa shape index (κ1) is 23.1. The Kier molecular flexibility index (Phi) is 8.31. The van der Waals surface area contributed by atoms with Gasteiger partial charge < -0.3 is 15.0 Å². The van der Waals surface area contributed by atoms with Crippen LogP contribution in [0.3, 0.4) is 0 Å². The summed E-state index contributed by atoms with van der Waals surface area (Å²) in [6.45, 7) is 5.28. The van der Waals surface area contributed by atoms with Crippen LogP contribution in [0.4, 0.5) is 11.4 Å². The van der Waals surface area contributed by atoms with E-state index in [9.17, 15) is 13.2 Å². The highest BCUT2D eigenvalue weighted by Crippen LogP contribution is 2.22. The van der Waals surface area contributed by atoms with Crippen LogP contribution >= 0.6 is 0 Å². The number of carbonyl (C=O) groups excluding carboxylic acids is 1. The van der Waals surface area contributed by atoms with Crippen LogP contribution in [0, 0.1) is 0 Å². The van der Waals surface area contributed by atoms with Crippen LogP contribution < -0.4 is 14.9 Å². The molecule has 1 amide bonds. The van der Waals surface area contributed by atoms with Gasteiger partial charge in [0.25, 0.3) is 0 Å². The first-order valence-corrected chi connectivity index (χ1v) is 12.4. The van der Waals surface area contributed by atoms with Crippen molar-refractivity contribution in [3.05, 3.63) is 59.7 Å². The summed E-state index contributed by atoms with van der Waals surface area (Å²) < 4.78 is 32.8. The fourth-order valence-electron chi connectivity index (χ4n) is 3.61. The Balaban J connectivity index is 1.51. The van der Waals surface area contributed by atoms with Gasteiger partial charge in [-0.1, -0.05) is 24.3 Å². The van der Waals surface area contributed by atoms with Gasteiger partial charge in [0.1, 0.15) is 5.75 Å². The Morgan fingerprint density at radius 3 is 2.35 bits per heavy atom. The number of carbonyl (C=O) groups is 1. The van der Waals surface area contributed by atoms with E-state index in [1.165, 1.54) is 19.3 Å². The first-order valence-electron chi connectivity index (χ1n) is 10.7. The SMILES string of the molecule is CCOCc1ccccc1CNC(=O)CS(=O)(=O)Nc1ccc(N2CCCCC2)cc1. The minimum Gasteiger partial charge on any atom is -0.377 e. The number of piperidine rings is 1. The molecule has 1 aliphatic rings. The van der Waals surface area contributed by atoms with Gasteiger partial charge in [-0.05, 0) is 61.6 Å². The molecule has 3 rings (SSSR count). The summed E-state index contributed by atoms with van der Waals surface area (Å²) in [6, 6.07) is 14.9. The highest BCUT2D eigenvalue weighted by molar-refractivity contribution is 7.93. The Bertz CT molecular complexity index is 955. The monoisotopic (exact) mass is 445 g/mol. The van der Waals surface area contributed by atoms with E-state index >= 15 is 0 Å². The van der Waals surface area contributed by atoms with Gasteiger partial charge in [-0.2, -0.15) is 0 Å². The molecule has 2 aromatic rings. The molecule has 0 aliphatic carbocycles. The predicted octanol–water partition coefficient (Wildman–Crippen LogP) is 3.27. The summed E-state index contributed by atoms with van der Waals surface area (Å²) in [5, 5.41) is 2.69. The molecule has 1 aliphatic heterocycles. The minimum absolute atomic E-state index is 0.252. The first-order chi connectivity index (χ1) is 15.0. The lowest BCUT2D eigenvalue weighted by Crippen LogP contribution is -2.32. The van der Waals surface area contributed by atoms with E-state index in [-0.39, 0.29) is 6.54 Å². The fourth-order valence-corrected chi connectivity index (χ4v) is 4.62. The van der Waals surface area contributed by atoms with E-state index in [1.807, 2.05) is 43.3 Å². The number of benzene rings is 2. The smallest absolute Gasteiger partial charge is 0.241 e. The predicted molar refractivity (Wildman–Crippen MR) is 124 cm³/mol. The average molecular weight is 446 g/mol. The Hall–Kier alpha value is -2.58. The molecule has 31 heavy (non-hydrogen) atoms. The van der Waals surface area contributed by atoms with Crippen molar-refractivity contribution in [2.24, 2.45) is 0 Å². The van der Waals surface area contributed by atoms with Gasteiger partial charge in [-0.15, -0.1) is 0 Å². The fraction of sp³-hybridized carbons (Fsp3) is 0.435. The lowest BCUT2D eigenvalue weighted by atomic mass is 10.1. The average Bonchev–Trinajstić information content (AvgIpc) is 2.77. The van der Waals surface area contributed by atoms with Crippen molar-refractivity contribution in [2.45, 2.75) is 39.3 Å². The zero-order chi connectivity index (χ0) is 22.1. The molecule has 0 aromatic heterocycles. The quantitative estimate of drug-likeness (QED) is 0.586. The second kappa shape index (κ2) is 11.2. The maximum absolute atomic E-state index is 12.4. The van der Waals surface area contributed by atoms with Gasteiger partial charge in [-0.3, -0.25) is 9.52 Å². The molecule has 0 unspecified atom stereocenters. The van der Waals surface area contributed by atoms with Crippen molar-refractivity contribution in [1.82, 2.24) is 5.32 Å². The van der Waals surface area contributed by atoms with Crippen LogP contribution in [-0.2, 0) is 32.7 Å². The largest absolute Gasteiger partial charge is 0.377 e. The molecule has 8 heteroatoms. The van der Waals surface area contributed by atoms with E-state index < -0.39 is 21.7 Å². The van der Waals surface area contributed by atoms with Crippen LogP contribution in [0.1, 0.15) is 37.3 Å². The third-order valence-corrected chi connectivity index (χ3v) is 6.43. The van der Waals surface area contributed by atoms with Crippen molar-refractivity contribution in [3.63, 3.8) is 0 Å². The summed E-state index contributed by atoms with van der Waals surface area (Å²) in [5.41, 5.74) is 3.42. The molecular weight excluding hydrogens is 414 g/mol. The van der Waals surface area contributed by atoms with Crippen LogP contribution in [0.15, 0.2) is 48.5 Å². The van der Waals surface area contributed by atoms with Crippen LogP contribution in [-0.4, -0.2) is 39.8 Å². The molecule has 2 N–H and O–H groups in total. The summed E-state index contributed by atoms with van der Waals surface area (Å²) in [4.78, 5) is 14.5. The van der Waals surface area contributed by atoms with E-state index in [1.54, 1.807) is 12.1 Å². The maximum Gasteiger partial charge on any atom is 0.241 e. The molecular formula is C23H31N3O4S. The van der Waals surface area contributed by atoms with E-state index in [4.69, 9.17) is 4.74 Å². The minimum atomic E-state index is -3.80. The number of sulfonamides is 1. The number of hydrogen-bond donors (Lipinski definition) is 2. The Morgan fingerprint density at radius 1 is 1.00 bits per heavy atom. The van der Waals surface area contributed by atoms with E-state index in [0.29, 0.717) is 18.9 Å². The second-order valence-electron chi connectivity index (χ2n) is 7.64. The number of nitrogens with one attached hydrogen (secondary N) is 2. The lowest BCUT2D eigenvalue weighted by Gasteiger charge is -2.28. The van der Waals surface area contributed by atoms with Crippen molar-refractivity contribution >= 4 is 27.3 Å². The van der Waals surface area contributed by atoms with Gasteiger partial charge in [0.15, 0.2) is 0 Å². The second-order valence-corrected chi connectivity index (χ2v) is 9.36. The van der Waals surface area contributed by atoms with Crippen LogP contribution in [0.5, 0.6) is 0 Å². The maximum atomic E-state index is 12.4. The van der Waals surface area contributed by atoms with Gasteiger partial charge in [0, 0.05) is 37.6 Å². The molecule has 1 heterocycles. The molecule has 0 radical (unpaired) electrons. The molecule has 0 saturated carbocycles. The van der Waals surface area contributed by atoms with Crippen LogP contribution in [0.2, 0.25) is 0 Å². The Labute approximate surface area is 184 Å². The standard InChI is InChI=1S/C23H31N3O4S/c1-2-30-17-20-9-5-4-8-19(20)16-24-23(27)18-31(28,29)25-21-10-12-22(13-11-21)26-14-6-3-7-15-26/h4-5,8-13,25H,2-3,6-7,14-18H2,1H3,(H,24,27). The highest BCUT2D eigenvalue weighted by atomic mass is 32.2. The van der Waals surface area contributed by atoms with E-state index in [2.05, 4.69) is 14.9 Å². The van der Waals surface area contributed by atoms with Gasteiger partial charge in [0.05, 0.1) is 6.61 Å². The van der Waals surface area contributed by atoms with Gasteiger partial charge in [0.2, 0.25) is 15.9 Å². The topological polar surface area (TPSA) is 87.7 Å². The Morgan fingerprint density at radius 2 is 1.68 bits per heavy atom. The summed E-state index contributed by atoms with van der Waals surface area (Å²) in [6.07, 6.45) is 3.62. The molecule has 168 valence electrons. The van der Waals surface area contributed by atoms with Crippen molar-refractivity contribution in [3.8, 4) is 0 Å². The van der Waals surface area contributed by atoms with Crippen LogP contribution in [0.25, 0.3) is 0 Å². The number of amides is 1. The van der Waals surface area contributed by atoms with Crippen molar-refractivity contribution in [1.29, 1.82) is 0 Å². The number of ether oxygens (including phenoxy) is 1. The number of nitrogens with zero attached hydrogens (tertiary/aromatic N) is 1. The van der Waals surface area contributed by atoms with Crippen molar-refractivity contribution in [2.75, 3.05) is 35.1 Å². The normalized spacial score (nSPS) is 14.3. The molecule has 1 saturated heterocycles. The molecule has 0 spiro atoms. The molecule has 2 aromatic carbocycles. The number of rotatable bonds is 10. The molecule has 1 fully saturated rings. The molecule has 0 bridgehead atoms. The number of anilines is 2. The van der Waals surface area contributed by atoms with Crippen molar-refractivity contribution < 1.29 is 17.9 Å². The van der Waals surface area contributed by atoms with Gasteiger partial charge >= 0.3 is 0 Å². The summed E-state index contributed by atoms with van der Waals surface area (Å²) in [7, 11) is -3.80. The van der Waals surface area contributed by atoms with E-state index in [0.717, 1.165) is 29.9 Å². The lowest BCUT2D eigenvalue weighted by molar-refractivity contribution is -0.118. The molecule has 7 nitrogen and oxygen atoms in total. The molecule has 0 atom stereocenters. The van der Waals surface area contributed by atoms with Gasteiger partial charge in [-0.25, -0.2) is 8.42 Å². The summed E-state index contributed by atoms with van der Waals surface area (Å²) in [5.74, 6) is -1.18. The zero-order valence-electron chi connectivity index (χ0n) is 18.0. The third kappa shape index (κ3) is 7.25. The summed E-state index contributed by atoms with van der Waals surface area (Å²) >= 11 is 0.